The summed E-state index contributed by atoms with van der Waals surface area (Å²) in [6.45, 7) is 0.477. The van der Waals surface area contributed by atoms with Gasteiger partial charge in [0.25, 0.3) is 5.91 Å². The zero-order valence-electron chi connectivity index (χ0n) is 13.9. The molecule has 4 rings (SSSR count). The summed E-state index contributed by atoms with van der Waals surface area (Å²) in [7, 11) is 0. The summed E-state index contributed by atoms with van der Waals surface area (Å²) in [4.78, 5) is 16.8. The third-order valence-electron chi connectivity index (χ3n) is 4.10. The molecule has 5 heteroatoms. The number of carbonyl (C=O) groups excluding carboxylic acids is 1. The van der Waals surface area contributed by atoms with Gasteiger partial charge in [-0.3, -0.25) is 9.78 Å². The molecule has 0 aliphatic heterocycles. The Morgan fingerprint density at radius 1 is 0.885 bits per heavy atom. The maximum absolute atomic E-state index is 12.4. The van der Waals surface area contributed by atoms with Crippen molar-refractivity contribution in [3.63, 3.8) is 0 Å². The first-order valence-corrected chi connectivity index (χ1v) is 10.1. The van der Waals surface area contributed by atoms with Gasteiger partial charge in [-0.15, -0.1) is 0 Å². The number of amides is 1. The average molecular weight is 377 g/mol. The minimum atomic E-state index is -0.0734. The molecule has 3 aromatic heterocycles. The normalized spacial score (nSPS) is 10.6. The maximum atomic E-state index is 12.4. The lowest BCUT2D eigenvalue weighted by molar-refractivity contribution is 0.0951. The molecule has 128 valence electrons. The van der Waals surface area contributed by atoms with Gasteiger partial charge in [0.05, 0.1) is 5.69 Å². The van der Waals surface area contributed by atoms with Crippen molar-refractivity contribution in [2.75, 3.05) is 0 Å². The van der Waals surface area contributed by atoms with Crippen molar-refractivity contribution in [3.8, 4) is 22.4 Å². The molecule has 3 heterocycles. The van der Waals surface area contributed by atoms with Crippen LogP contribution in [0, 0.1) is 0 Å². The van der Waals surface area contributed by atoms with Crippen molar-refractivity contribution in [2.45, 2.75) is 6.54 Å². The summed E-state index contributed by atoms with van der Waals surface area (Å²) in [5, 5.41) is 11.2. The highest BCUT2D eigenvalue weighted by molar-refractivity contribution is 7.08. The first-order chi connectivity index (χ1) is 12.8. The third kappa shape index (κ3) is 3.74. The van der Waals surface area contributed by atoms with Crippen LogP contribution in [0.25, 0.3) is 22.4 Å². The summed E-state index contributed by atoms with van der Waals surface area (Å²) in [5.41, 5.74) is 6.03. The van der Waals surface area contributed by atoms with Crippen LogP contribution in [0.5, 0.6) is 0 Å². The van der Waals surface area contributed by atoms with Gasteiger partial charge < -0.3 is 5.32 Å². The average Bonchev–Trinajstić information content (AvgIpc) is 3.40. The highest BCUT2D eigenvalue weighted by Crippen LogP contribution is 2.23. The van der Waals surface area contributed by atoms with Crippen molar-refractivity contribution in [3.05, 3.63) is 87.4 Å². The minimum Gasteiger partial charge on any atom is -0.348 e. The van der Waals surface area contributed by atoms with Crippen LogP contribution in [0.15, 0.2) is 76.2 Å². The summed E-state index contributed by atoms with van der Waals surface area (Å²) in [6.07, 6.45) is 1.78. The molecule has 0 unspecified atom stereocenters. The Kier molecular flexibility index (Phi) is 4.91. The van der Waals surface area contributed by atoms with E-state index in [-0.39, 0.29) is 5.91 Å². The number of aromatic nitrogens is 1. The maximum Gasteiger partial charge on any atom is 0.251 e. The van der Waals surface area contributed by atoms with E-state index >= 15 is 0 Å². The molecule has 4 aromatic rings. The Balaban J connectivity index is 1.42. The number of rotatable bonds is 5. The van der Waals surface area contributed by atoms with Crippen LogP contribution in [0.3, 0.4) is 0 Å². The molecule has 0 saturated heterocycles. The molecule has 1 N–H and O–H groups in total. The van der Waals surface area contributed by atoms with E-state index in [9.17, 15) is 4.79 Å². The van der Waals surface area contributed by atoms with Crippen LogP contribution in [-0.4, -0.2) is 10.9 Å². The SMILES string of the molecule is O=C(NCc1ccnc(-c2ccsc2)c1)c1ccc(-c2ccsc2)cc1. The quantitative estimate of drug-likeness (QED) is 0.502. The summed E-state index contributed by atoms with van der Waals surface area (Å²) >= 11 is 3.31. The van der Waals surface area contributed by atoms with Gasteiger partial charge in [-0.1, -0.05) is 12.1 Å². The summed E-state index contributed by atoms with van der Waals surface area (Å²) < 4.78 is 0. The van der Waals surface area contributed by atoms with Gasteiger partial charge in [0.2, 0.25) is 0 Å². The largest absolute Gasteiger partial charge is 0.348 e. The molecule has 1 aromatic carbocycles. The summed E-state index contributed by atoms with van der Waals surface area (Å²) in [6, 6.07) is 15.8. The van der Waals surface area contributed by atoms with Crippen LogP contribution in [0.1, 0.15) is 15.9 Å². The Morgan fingerprint density at radius 2 is 1.62 bits per heavy atom. The highest BCUT2D eigenvalue weighted by Gasteiger charge is 2.07. The molecule has 0 saturated carbocycles. The Bertz CT molecular complexity index is 991. The minimum absolute atomic E-state index is 0.0734. The van der Waals surface area contributed by atoms with E-state index in [0.29, 0.717) is 12.1 Å². The smallest absolute Gasteiger partial charge is 0.251 e. The highest BCUT2D eigenvalue weighted by atomic mass is 32.1. The second-order valence-electron chi connectivity index (χ2n) is 5.83. The van der Waals surface area contributed by atoms with Crippen molar-refractivity contribution < 1.29 is 4.79 Å². The first kappa shape index (κ1) is 16.7. The van der Waals surface area contributed by atoms with Crippen LogP contribution in [-0.2, 0) is 6.54 Å². The van der Waals surface area contributed by atoms with Gasteiger partial charge in [-0.25, -0.2) is 0 Å². The fraction of sp³-hybridized carbons (Fsp3) is 0.0476. The molecule has 0 radical (unpaired) electrons. The monoisotopic (exact) mass is 376 g/mol. The fourth-order valence-electron chi connectivity index (χ4n) is 2.68. The van der Waals surface area contributed by atoms with Gasteiger partial charge in [0, 0.05) is 29.2 Å². The van der Waals surface area contributed by atoms with E-state index in [1.54, 1.807) is 28.9 Å². The molecule has 0 fully saturated rings. The Hall–Kier alpha value is -2.76. The predicted octanol–water partition coefficient (Wildman–Crippen LogP) is 5.47. The van der Waals surface area contributed by atoms with Gasteiger partial charge in [-0.05, 0) is 69.2 Å². The van der Waals surface area contributed by atoms with E-state index in [1.807, 2.05) is 47.8 Å². The number of nitrogens with zero attached hydrogens (tertiary/aromatic N) is 1. The Labute approximate surface area is 160 Å². The number of hydrogen-bond acceptors (Lipinski definition) is 4. The number of thiophene rings is 2. The number of hydrogen-bond donors (Lipinski definition) is 1. The van der Waals surface area contributed by atoms with Gasteiger partial charge in [0.15, 0.2) is 0 Å². The van der Waals surface area contributed by atoms with Crippen molar-refractivity contribution in [1.82, 2.24) is 10.3 Å². The fourth-order valence-corrected chi connectivity index (χ4v) is 3.99. The number of pyridine rings is 1. The molecular weight excluding hydrogens is 360 g/mol. The lowest BCUT2D eigenvalue weighted by Crippen LogP contribution is -2.22. The van der Waals surface area contributed by atoms with E-state index in [4.69, 9.17) is 0 Å². The number of carbonyl (C=O) groups is 1. The second kappa shape index (κ2) is 7.64. The Morgan fingerprint density at radius 3 is 2.31 bits per heavy atom. The lowest BCUT2D eigenvalue weighted by atomic mass is 10.1. The molecule has 26 heavy (non-hydrogen) atoms. The van der Waals surface area contributed by atoms with E-state index in [1.165, 1.54) is 5.56 Å². The lowest BCUT2D eigenvalue weighted by Gasteiger charge is -2.07. The molecular formula is C21H16N2OS2. The van der Waals surface area contributed by atoms with Gasteiger partial charge in [0.1, 0.15) is 0 Å². The standard InChI is InChI=1S/C21H16N2OS2/c24-21(17-3-1-16(2-4-17)18-6-9-25-13-18)23-12-15-5-8-22-20(11-15)19-7-10-26-14-19/h1-11,13-14H,12H2,(H,23,24). The molecule has 3 nitrogen and oxygen atoms in total. The van der Waals surface area contributed by atoms with E-state index in [0.717, 1.165) is 22.4 Å². The van der Waals surface area contributed by atoms with Crippen molar-refractivity contribution in [1.29, 1.82) is 0 Å². The molecule has 0 aliphatic carbocycles. The van der Waals surface area contributed by atoms with Crippen LogP contribution in [0.4, 0.5) is 0 Å². The molecule has 0 bridgehead atoms. The summed E-state index contributed by atoms with van der Waals surface area (Å²) in [5.74, 6) is -0.0734. The number of nitrogens with one attached hydrogen (secondary N) is 1. The predicted molar refractivity (Wildman–Crippen MR) is 108 cm³/mol. The van der Waals surface area contributed by atoms with Crippen LogP contribution in [0.2, 0.25) is 0 Å². The third-order valence-corrected chi connectivity index (χ3v) is 5.46. The zero-order chi connectivity index (χ0) is 17.8. The first-order valence-electron chi connectivity index (χ1n) is 8.18. The zero-order valence-corrected chi connectivity index (χ0v) is 15.5. The number of benzene rings is 1. The van der Waals surface area contributed by atoms with Gasteiger partial charge in [-0.2, -0.15) is 22.7 Å². The van der Waals surface area contributed by atoms with Crippen LogP contribution >= 0.6 is 22.7 Å². The van der Waals surface area contributed by atoms with Crippen LogP contribution < -0.4 is 5.32 Å². The van der Waals surface area contributed by atoms with E-state index in [2.05, 4.69) is 32.5 Å². The molecule has 0 spiro atoms. The topological polar surface area (TPSA) is 42.0 Å². The second-order valence-corrected chi connectivity index (χ2v) is 7.39. The van der Waals surface area contributed by atoms with Crippen molar-refractivity contribution in [2.24, 2.45) is 0 Å². The van der Waals surface area contributed by atoms with Gasteiger partial charge >= 0.3 is 0 Å². The van der Waals surface area contributed by atoms with E-state index < -0.39 is 0 Å². The molecule has 0 atom stereocenters. The molecule has 1 amide bonds. The molecule has 0 aliphatic rings. The van der Waals surface area contributed by atoms with Crippen molar-refractivity contribution >= 4 is 28.6 Å².